The van der Waals surface area contributed by atoms with Crippen molar-refractivity contribution in [3.8, 4) is 0 Å². The Morgan fingerprint density at radius 2 is 2.06 bits per heavy atom. The van der Waals surface area contributed by atoms with E-state index in [1.165, 1.54) is 9.75 Å². The number of likely N-dealkylation sites (N-methyl/N-ethyl adjacent to an activating group) is 1. The van der Waals surface area contributed by atoms with E-state index in [0.717, 1.165) is 25.1 Å². The van der Waals surface area contributed by atoms with E-state index in [-0.39, 0.29) is 0 Å². The minimum atomic E-state index is 0.290. The highest BCUT2D eigenvalue weighted by molar-refractivity contribution is 7.11. The van der Waals surface area contributed by atoms with Crippen molar-refractivity contribution in [2.75, 3.05) is 6.54 Å². The number of hydrogen-bond acceptors (Lipinski definition) is 3. The van der Waals surface area contributed by atoms with Crippen LogP contribution in [0.4, 0.5) is 0 Å². The molecule has 0 bridgehead atoms. The smallest absolute Gasteiger partial charge is 0.121 e. The van der Waals surface area contributed by atoms with Gasteiger partial charge in [0.1, 0.15) is 5.76 Å². The van der Waals surface area contributed by atoms with Crippen molar-refractivity contribution in [2.45, 2.75) is 32.7 Å². The number of thiophene rings is 1. The molecule has 2 nitrogen and oxygen atoms in total. The van der Waals surface area contributed by atoms with Crippen LogP contribution < -0.4 is 5.32 Å². The minimum absolute atomic E-state index is 0.290. The first-order valence-corrected chi connectivity index (χ1v) is 6.99. The van der Waals surface area contributed by atoms with Gasteiger partial charge in [-0.3, -0.25) is 0 Å². The number of aryl methyl sites for hydroxylation is 1. The molecule has 0 amide bonds. The fraction of sp³-hybridized carbons (Fsp3) is 0.429. The molecule has 0 aliphatic carbocycles. The molecule has 1 unspecified atom stereocenters. The van der Waals surface area contributed by atoms with Gasteiger partial charge >= 0.3 is 0 Å². The molecule has 0 aliphatic heterocycles. The minimum Gasteiger partial charge on any atom is -0.468 e. The largest absolute Gasteiger partial charge is 0.468 e. The summed E-state index contributed by atoms with van der Waals surface area (Å²) in [7, 11) is 0. The molecule has 2 rings (SSSR count). The lowest BCUT2D eigenvalue weighted by Crippen LogP contribution is -2.22. The molecular weight excluding hydrogens is 230 g/mol. The Morgan fingerprint density at radius 1 is 1.24 bits per heavy atom. The lowest BCUT2D eigenvalue weighted by molar-refractivity contribution is 0.418. The van der Waals surface area contributed by atoms with Crippen molar-refractivity contribution < 1.29 is 4.42 Å². The second-order valence-electron chi connectivity index (χ2n) is 4.05. The lowest BCUT2D eigenvalue weighted by atomic mass is 10.1. The van der Waals surface area contributed by atoms with Crippen molar-refractivity contribution in [2.24, 2.45) is 0 Å². The van der Waals surface area contributed by atoms with Crippen molar-refractivity contribution in [3.63, 3.8) is 0 Å². The molecule has 2 heterocycles. The van der Waals surface area contributed by atoms with Gasteiger partial charge in [0.15, 0.2) is 0 Å². The predicted octanol–water partition coefficient (Wildman–Crippen LogP) is 3.80. The molecule has 0 radical (unpaired) electrons. The lowest BCUT2D eigenvalue weighted by Gasteiger charge is -2.14. The van der Waals surface area contributed by atoms with Crippen LogP contribution in [-0.4, -0.2) is 6.54 Å². The summed E-state index contributed by atoms with van der Waals surface area (Å²) in [4.78, 5) is 2.87. The van der Waals surface area contributed by atoms with Crippen LogP contribution in [-0.2, 0) is 12.8 Å². The molecule has 0 aliphatic rings. The Bertz CT molecular complexity index is 433. The SMILES string of the molecule is CCNC(Cc1ccc(CC)s1)c1ccco1. The van der Waals surface area contributed by atoms with Crippen molar-refractivity contribution in [3.05, 3.63) is 46.0 Å². The summed E-state index contributed by atoms with van der Waals surface area (Å²) in [6.45, 7) is 5.28. The van der Waals surface area contributed by atoms with E-state index < -0.39 is 0 Å². The van der Waals surface area contributed by atoms with E-state index in [0.29, 0.717) is 6.04 Å². The Labute approximate surface area is 107 Å². The average molecular weight is 249 g/mol. The van der Waals surface area contributed by atoms with Crippen LogP contribution in [0.25, 0.3) is 0 Å². The number of hydrogen-bond donors (Lipinski definition) is 1. The summed E-state index contributed by atoms with van der Waals surface area (Å²) in [6, 6.07) is 8.74. The zero-order chi connectivity index (χ0) is 12.1. The van der Waals surface area contributed by atoms with E-state index >= 15 is 0 Å². The Kier molecular flexibility index (Phi) is 4.40. The van der Waals surface area contributed by atoms with Gasteiger partial charge in [0.2, 0.25) is 0 Å². The van der Waals surface area contributed by atoms with Crippen LogP contribution in [0.15, 0.2) is 34.9 Å². The molecule has 1 N–H and O–H groups in total. The van der Waals surface area contributed by atoms with Gasteiger partial charge in [-0.05, 0) is 37.2 Å². The van der Waals surface area contributed by atoms with Crippen LogP contribution in [0.2, 0.25) is 0 Å². The van der Waals surface area contributed by atoms with E-state index in [1.807, 2.05) is 23.5 Å². The topological polar surface area (TPSA) is 25.2 Å². The van der Waals surface area contributed by atoms with Gasteiger partial charge < -0.3 is 9.73 Å². The molecule has 1 atom stereocenters. The molecule has 92 valence electrons. The molecule has 3 heteroatoms. The van der Waals surface area contributed by atoms with Crippen LogP contribution in [0, 0.1) is 0 Å². The Morgan fingerprint density at radius 3 is 2.65 bits per heavy atom. The molecule has 0 saturated carbocycles. The van der Waals surface area contributed by atoms with Crippen molar-refractivity contribution in [1.29, 1.82) is 0 Å². The summed E-state index contributed by atoms with van der Waals surface area (Å²) in [5, 5.41) is 3.47. The van der Waals surface area contributed by atoms with Crippen LogP contribution in [0.5, 0.6) is 0 Å². The van der Waals surface area contributed by atoms with Crippen LogP contribution >= 0.6 is 11.3 Å². The maximum absolute atomic E-state index is 5.50. The van der Waals surface area contributed by atoms with Crippen LogP contribution in [0.3, 0.4) is 0 Å². The maximum Gasteiger partial charge on any atom is 0.121 e. The van der Waals surface area contributed by atoms with Gasteiger partial charge in [0.05, 0.1) is 12.3 Å². The summed E-state index contributed by atoms with van der Waals surface area (Å²) >= 11 is 1.90. The van der Waals surface area contributed by atoms with Gasteiger partial charge in [-0.2, -0.15) is 0 Å². The fourth-order valence-corrected chi connectivity index (χ4v) is 2.94. The number of furan rings is 1. The standard InChI is InChI=1S/C14H19NOS/c1-3-11-7-8-12(17-11)10-13(15-4-2)14-6-5-9-16-14/h5-9,13,15H,3-4,10H2,1-2H3. The summed E-state index contributed by atoms with van der Waals surface area (Å²) in [5.74, 6) is 1.03. The molecule has 0 saturated heterocycles. The highest BCUT2D eigenvalue weighted by Crippen LogP contribution is 2.24. The van der Waals surface area contributed by atoms with Crippen molar-refractivity contribution >= 4 is 11.3 Å². The van der Waals surface area contributed by atoms with Gasteiger partial charge in [-0.1, -0.05) is 13.8 Å². The van der Waals surface area contributed by atoms with Gasteiger partial charge in [0, 0.05) is 16.2 Å². The first-order chi connectivity index (χ1) is 8.33. The third-order valence-corrected chi connectivity index (χ3v) is 4.06. The highest BCUT2D eigenvalue weighted by Gasteiger charge is 2.14. The van der Waals surface area contributed by atoms with E-state index in [2.05, 4.69) is 31.3 Å². The van der Waals surface area contributed by atoms with Gasteiger partial charge in [-0.25, -0.2) is 0 Å². The monoisotopic (exact) mass is 249 g/mol. The third kappa shape index (κ3) is 3.20. The maximum atomic E-state index is 5.50. The van der Waals surface area contributed by atoms with Gasteiger partial charge in [0.25, 0.3) is 0 Å². The number of rotatable bonds is 6. The Hall–Kier alpha value is -1.06. The van der Waals surface area contributed by atoms with E-state index in [4.69, 9.17) is 4.42 Å². The molecule has 2 aromatic rings. The molecule has 0 spiro atoms. The normalized spacial score (nSPS) is 12.8. The predicted molar refractivity (Wildman–Crippen MR) is 72.5 cm³/mol. The summed E-state index contributed by atoms with van der Waals surface area (Å²) < 4.78 is 5.50. The summed E-state index contributed by atoms with van der Waals surface area (Å²) in [6.07, 6.45) is 3.87. The van der Waals surface area contributed by atoms with Crippen LogP contribution in [0.1, 0.15) is 35.4 Å². The second-order valence-corrected chi connectivity index (χ2v) is 5.30. The quantitative estimate of drug-likeness (QED) is 0.842. The molecule has 17 heavy (non-hydrogen) atoms. The first-order valence-electron chi connectivity index (χ1n) is 6.17. The van der Waals surface area contributed by atoms with E-state index in [9.17, 15) is 0 Å². The summed E-state index contributed by atoms with van der Waals surface area (Å²) in [5.41, 5.74) is 0. The van der Waals surface area contributed by atoms with Gasteiger partial charge in [-0.15, -0.1) is 11.3 Å². The number of nitrogens with one attached hydrogen (secondary N) is 1. The molecule has 0 aromatic carbocycles. The second kappa shape index (κ2) is 6.03. The molecule has 0 fully saturated rings. The zero-order valence-electron chi connectivity index (χ0n) is 10.4. The molecular formula is C14H19NOS. The first kappa shape index (κ1) is 12.4. The molecule has 2 aromatic heterocycles. The zero-order valence-corrected chi connectivity index (χ0v) is 11.2. The Balaban J connectivity index is 2.07. The van der Waals surface area contributed by atoms with Crippen molar-refractivity contribution in [1.82, 2.24) is 5.32 Å². The average Bonchev–Trinajstić information content (AvgIpc) is 2.99. The fourth-order valence-electron chi connectivity index (χ4n) is 1.93. The highest BCUT2D eigenvalue weighted by atomic mass is 32.1. The third-order valence-electron chi connectivity index (χ3n) is 2.81. The van der Waals surface area contributed by atoms with E-state index in [1.54, 1.807) is 6.26 Å².